The number of anilines is 1. The van der Waals surface area contributed by atoms with Crippen LogP contribution in [-0.2, 0) is 4.79 Å². The van der Waals surface area contributed by atoms with E-state index in [1.165, 1.54) is 16.0 Å². The third-order valence-corrected chi connectivity index (χ3v) is 9.40. The van der Waals surface area contributed by atoms with E-state index in [1.807, 2.05) is 30.3 Å². The van der Waals surface area contributed by atoms with Crippen molar-refractivity contribution in [2.24, 2.45) is 11.8 Å². The van der Waals surface area contributed by atoms with Gasteiger partial charge in [0.1, 0.15) is 0 Å². The fraction of sp³-hybridized carbons (Fsp3) is 0.375. The lowest BCUT2D eigenvalue weighted by Gasteiger charge is -2.42. The van der Waals surface area contributed by atoms with Gasteiger partial charge in [-0.2, -0.15) is 0 Å². The van der Waals surface area contributed by atoms with E-state index in [-0.39, 0.29) is 35.9 Å². The number of carbonyl (C=O) groups is 2. The summed E-state index contributed by atoms with van der Waals surface area (Å²) >= 11 is 1.75. The molecule has 6 heteroatoms. The second kappa shape index (κ2) is 10.9. The van der Waals surface area contributed by atoms with Gasteiger partial charge in [-0.1, -0.05) is 61.4 Å². The fourth-order valence-corrected chi connectivity index (χ4v) is 7.18. The lowest BCUT2D eigenvalue weighted by atomic mass is 9.79. The molecule has 0 unspecified atom stereocenters. The lowest BCUT2D eigenvalue weighted by molar-refractivity contribution is -0.138. The van der Waals surface area contributed by atoms with Gasteiger partial charge in [-0.3, -0.25) is 9.59 Å². The monoisotopic (exact) mass is 525 g/mol. The van der Waals surface area contributed by atoms with E-state index in [1.54, 1.807) is 11.8 Å². The maximum absolute atomic E-state index is 14.3. The van der Waals surface area contributed by atoms with E-state index < -0.39 is 0 Å². The van der Waals surface area contributed by atoms with Crippen LogP contribution in [0.15, 0.2) is 83.8 Å². The van der Waals surface area contributed by atoms with Gasteiger partial charge in [-0.25, -0.2) is 0 Å². The number of likely N-dealkylation sites (tertiary alicyclic amines) is 1. The minimum atomic E-state index is -0.184. The van der Waals surface area contributed by atoms with Crippen LogP contribution in [0.25, 0.3) is 0 Å². The molecule has 196 valence electrons. The van der Waals surface area contributed by atoms with Gasteiger partial charge >= 0.3 is 0 Å². The molecule has 0 aromatic heterocycles. The molecule has 1 saturated heterocycles. The Bertz CT molecular complexity index is 1300. The second-order valence-electron chi connectivity index (χ2n) is 10.7. The van der Waals surface area contributed by atoms with Crippen molar-refractivity contribution >= 4 is 29.3 Å². The molecule has 38 heavy (non-hydrogen) atoms. The van der Waals surface area contributed by atoms with Gasteiger partial charge in [0.05, 0.1) is 18.0 Å². The standard InChI is InChI=1S/C32H35N3O2S/c1-38-23-17-15-21(16-18-23)29-26-19-20-35(30(26)24-11-5-7-13-27(24)33-29)32(37)25-12-6-8-14-28(25)34-31(36)22-9-3-2-4-10-22/h2-5,7,9-11,13,15-18,25-26,28-30,33H,6,8,12,14,19-20H2,1H3,(H,34,36)/t25-,26-,28+,29-,30-/m0/s1. The number of para-hydroxylation sites is 1. The number of hydrogen-bond acceptors (Lipinski definition) is 4. The van der Waals surface area contributed by atoms with Crippen LogP contribution in [0.5, 0.6) is 0 Å². The predicted molar refractivity (Wildman–Crippen MR) is 153 cm³/mol. The summed E-state index contributed by atoms with van der Waals surface area (Å²) in [6, 6.07) is 26.7. The summed E-state index contributed by atoms with van der Waals surface area (Å²) < 4.78 is 0. The molecule has 5 nitrogen and oxygen atoms in total. The van der Waals surface area contributed by atoms with Crippen molar-refractivity contribution in [2.45, 2.75) is 55.1 Å². The summed E-state index contributed by atoms with van der Waals surface area (Å²) in [4.78, 5) is 30.7. The zero-order valence-corrected chi connectivity index (χ0v) is 22.6. The van der Waals surface area contributed by atoms with Crippen molar-refractivity contribution in [1.29, 1.82) is 0 Å². The Morgan fingerprint density at radius 2 is 1.63 bits per heavy atom. The molecule has 1 aliphatic carbocycles. The predicted octanol–water partition coefficient (Wildman–Crippen LogP) is 6.45. The number of thioether (sulfide) groups is 1. The van der Waals surface area contributed by atoms with Crippen LogP contribution in [0.1, 0.15) is 65.7 Å². The van der Waals surface area contributed by atoms with Crippen molar-refractivity contribution in [3.63, 3.8) is 0 Å². The van der Waals surface area contributed by atoms with E-state index in [0.717, 1.165) is 44.3 Å². The van der Waals surface area contributed by atoms with E-state index in [2.05, 4.69) is 70.3 Å². The molecular formula is C32H35N3O2S. The van der Waals surface area contributed by atoms with Crippen LogP contribution in [-0.4, -0.2) is 35.6 Å². The van der Waals surface area contributed by atoms with Crippen molar-refractivity contribution in [2.75, 3.05) is 18.1 Å². The SMILES string of the molecule is CSc1ccc([C@@H]2Nc3ccccc3[C@H]3[C@H]2CCN3C(=O)[C@H]2CCCC[C@H]2NC(=O)c2ccccc2)cc1. The Hall–Kier alpha value is -3.25. The molecule has 2 fully saturated rings. The van der Waals surface area contributed by atoms with E-state index in [9.17, 15) is 9.59 Å². The normalized spacial score (nSPS) is 26.1. The summed E-state index contributed by atoms with van der Waals surface area (Å²) in [5.74, 6) is 0.228. The third kappa shape index (κ3) is 4.71. The molecule has 0 spiro atoms. The number of carbonyl (C=O) groups excluding carboxylic acids is 2. The molecule has 3 aromatic rings. The van der Waals surface area contributed by atoms with Gasteiger partial charge < -0.3 is 15.5 Å². The van der Waals surface area contributed by atoms with Gasteiger partial charge in [0, 0.05) is 34.7 Å². The first-order chi connectivity index (χ1) is 18.6. The maximum Gasteiger partial charge on any atom is 0.251 e. The Kier molecular flexibility index (Phi) is 7.16. The number of nitrogens with one attached hydrogen (secondary N) is 2. The molecule has 0 bridgehead atoms. The second-order valence-corrected chi connectivity index (χ2v) is 11.6. The van der Waals surface area contributed by atoms with Gasteiger partial charge in [0.2, 0.25) is 5.91 Å². The number of rotatable bonds is 5. The molecule has 2 heterocycles. The minimum absolute atomic E-state index is 0.0394. The first-order valence-corrected chi connectivity index (χ1v) is 15.0. The molecular weight excluding hydrogens is 490 g/mol. The first-order valence-electron chi connectivity index (χ1n) is 13.8. The Labute approximate surface area is 229 Å². The molecule has 2 amide bonds. The molecule has 2 N–H and O–H groups in total. The number of fused-ring (bicyclic) bond motifs is 3. The highest BCUT2D eigenvalue weighted by Gasteiger charge is 2.48. The maximum atomic E-state index is 14.3. The summed E-state index contributed by atoms with van der Waals surface area (Å²) in [5, 5.41) is 7.04. The lowest BCUT2D eigenvalue weighted by Crippen LogP contribution is -2.50. The smallest absolute Gasteiger partial charge is 0.251 e. The number of nitrogens with zero attached hydrogens (tertiary/aromatic N) is 1. The number of amides is 2. The Morgan fingerprint density at radius 3 is 2.42 bits per heavy atom. The molecule has 6 rings (SSSR count). The molecule has 5 atom stereocenters. The van der Waals surface area contributed by atoms with Crippen LogP contribution in [0.4, 0.5) is 5.69 Å². The highest BCUT2D eigenvalue weighted by molar-refractivity contribution is 7.98. The molecule has 1 saturated carbocycles. The van der Waals surface area contributed by atoms with Crippen LogP contribution >= 0.6 is 11.8 Å². The Morgan fingerprint density at radius 1 is 0.895 bits per heavy atom. The summed E-state index contributed by atoms with van der Waals surface area (Å²) in [6.45, 7) is 0.749. The molecule has 2 aliphatic heterocycles. The largest absolute Gasteiger partial charge is 0.378 e. The first kappa shape index (κ1) is 25.1. The average Bonchev–Trinajstić information content (AvgIpc) is 3.43. The molecule has 3 aromatic carbocycles. The summed E-state index contributed by atoms with van der Waals surface area (Å²) in [7, 11) is 0. The number of benzene rings is 3. The fourth-order valence-electron chi connectivity index (χ4n) is 6.77. The topological polar surface area (TPSA) is 61.4 Å². The quantitative estimate of drug-likeness (QED) is 0.376. The van der Waals surface area contributed by atoms with E-state index in [0.29, 0.717) is 11.5 Å². The van der Waals surface area contributed by atoms with Gasteiger partial charge in [-0.15, -0.1) is 11.8 Å². The Balaban J connectivity index is 1.27. The zero-order valence-electron chi connectivity index (χ0n) is 21.8. The van der Waals surface area contributed by atoms with Crippen molar-refractivity contribution in [3.05, 3.63) is 95.6 Å². The van der Waals surface area contributed by atoms with Crippen LogP contribution in [0, 0.1) is 11.8 Å². The van der Waals surface area contributed by atoms with Gasteiger partial charge in [-0.05, 0) is 67.0 Å². The molecule has 3 aliphatic rings. The van der Waals surface area contributed by atoms with Gasteiger partial charge in [0.25, 0.3) is 5.91 Å². The average molecular weight is 526 g/mol. The summed E-state index contributed by atoms with van der Waals surface area (Å²) in [6.07, 6.45) is 6.79. The number of hydrogen-bond donors (Lipinski definition) is 2. The van der Waals surface area contributed by atoms with E-state index >= 15 is 0 Å². The zero-order chi connectivity index (χ0) is 26.1. The highest BCUT2D eigenvalue weighted by atomic mass is 32.2. The van der Waals surface area contributed by atoms with Crippen molar-refractivity contribution in [1.82, 2.24) is 10.2 Å². The van der Waals surface area contributed by atoms with E-state index in [4.69, 9.17) is 0 Å². The van der Waals surface area contributed by atoms with Crippen molar-refractivity contribution in [3.8, 4) is 0 Å². The third-order valence-electron chi connectivity index (χ3n) is 8.66. The van der Waals surface area contributed by atoms with Crippen LogP contribution in [0.2, 0.25) is 0 Å². The summed E-state index contributed by atoms with van der Waals surface area (Å²) in [5.41, 5.74) is 4.24. The van der Waals surface area contributed by atoms with Crippen molar-refractivity contribution < 1.29 is 9.59 Å². The van der Waals surface area contributed by atoms with Crippen LogP contribution in [0.3, 0.4) is 0 Å². The highest BCUT2D eigenvalue weighted by Crippen LogP contribution is 2.52. The minimum Gasteiger partial charge on any atom is -0.378 e. The molecule has 0 radical (unpaired) electrons. The van der Waals surface area contributed by atoms with Crippen LogP contribution < -0.4 is 10.6 Å². The van der Waals surface area contributed by atoms with Gasteiger partial charge in [0.15, 0.2) is 0 Å².